The Labute approximate surface area is 105 Å². The minimum Gasteiger partial charge on any atom is -0.497 e. The van der Waals surface area contributed by atoms with Crippen molar-refractivity contribution in [3.63, 3.8) is 0 Å². The minimum atomic E-state index is 0.665. The summed E-state index contributed by atoms with van der Waals surface area (Å²) in [6.07, 6.45) is 1.02. The SMILES string of the molecule is CCCn1c(-c2ccc(OC)cc2)n[nH]c1=S. The van der Waals surface area contributed by atoms with Gasteiger partial charge in [-0.15, -0.1) is 0 Å². The molecule has 2 rings (SSSR count). The molecule has 0 spiro atoms. The fourth-order valence-electron chi connectivity index (χ4n) is 1.71. The van der Waals surface area contributed by atoms with Gasteiger partial charge < -0.3 is 9.30 Å². The van der Waals surface area contributed by atoms with Gasteiger partial charge in [-0.1, -0.05) is 6.92 Å². The standard InChI is InChI=1S/C12H15N3OS/c1-3-8-15-11(13-14-12(15)17)9-4-6-10(16-2)7-5-9/h4-7H,3,8H2,1-2H3,(H,14,17). The topological polar surface area (TPSA) is 42.8 Å². The van der Waals surface area contributed by atoms with Gasteiger partial charge in [0.25, 0.3) is 0 Å². The first-order chi connectivity index (χ1) is 8.26. The molecule has 0 unspecified atom stereocenters. The van der Waals surface area contributed by atoms with E-state index in [2.05, 4.69) is 17.1 Å². The molecule has 0 aliphatic rings. The van der Waals surface area contributed by atoms with Crippen LogP contribution in [0.3, 0.4) is 0 Å². The van der Waals surface area contributed by atoms with Crippen LogP contribution in [0, 0.1) is 4.77 Å². The van der Waals surface area contributed by atoms with Gasteiger partial charge >= 0.3 is 0 Å². The fourth-order valence-corrected chi connectivity index (χ4v) is 1.93. The van der Waals surface area contributed by atoms with Crippen LogP contribution in [0.5, 0.6) is 5.75 Å². The molecular weight excluding hydrogens is 234 g/mol. The van der Waals surface area contributed by atoms with Crippen molar-refractivity contribution in [1.29, 1.82) is 0 Å². The number of hydrogen-bond donors (Lipinski definition) is 1. The lowest BCUT2D eigenvalue weighted by molar-refractivity contribution is 0.415. The van der Waals surface area contributed by atoms with Crippen molar-refractivity contribution in [1.82, 2.24) is 14.8 Å². The number of aromatic nitrogens is 3. The molecule has 0 radical (unpaired) electrons. The Morgan fingerprint density at radius 2 is 2.06 bits per heavy atom. The van der Waals surface area contributed by atoms with Crippen molar-refractivity contribution in [3.8, 4) is 17.1 Å². The Morgan fingerprint density at radius 1 is 1.35 bits per heavy atom. The second-order valence-electron chi connectivity index (χ2n) is 3.73. The third-order valence-corrected chi connectivity index (χ3v) is 2.87. The van der Waals surface area contributed by atoms with Gasteiger partial charge in [-0.25, -0.2) is 0 Å². The zero-order valence-electron chi connectivity index (χ0n) is 9.93. The van der Waals surface area contributed by atoms with Crippen molar-refractivity contribution in [3.05, 3.63) is 29.0 Å². The Morgan fingerprint density at radius 3 is 2.65 bits per heavy atom. The first-order valence-corrected chi connectivity index (χ1v) is 5.96. The average Bonchev–Trinajstić information content (AvgIpc) is 2.72. The van der Waals surface area contributed by atoms with Crippen LogP contribution in [0.25, 0.3) is 11.4 Å². The van der Waals surface area contributed by atoms with E-state index in [0.29, 0.717) is 4.77 Å². The smallest absolute Gasteiger partial charge is 0.195 e. The van der Waals surface area contributed by atoms with Crippen LogP contribution in [0.15, 0.2) is 24.3 Å². The van der Waals surface area contributed by atoms with Gasteiger partial charge in [0.15, 0.2) is 10.6 Å². The average molecular weight is 249 g/mol. The Hall–Kier alpha value is -1.62. The van der Waals surface area contributed by atoms with Crippen LogP contribution in [0.4, 0.5) is 0 Å². The quantitative estimate of drug-likeness (QED) is 0.847. The molecule has 0 saturated carbocycles. The number of methoxy groups -OCH3 is 1. The number of benzene rings is 1. The van der Waals surface area contributed by atoms with E-state index >= 15 is 0 Å². The predicted octanol–water partition coefficient (Wildman–Crippen LogP) is 3.03. The van der Waals surface area contributed by atoms with E-state index < -0.39 is 0 Å². The summed E-state index contributed by atoms with van der Waals surface area (Å²) in [6, 6.07) is 7.80. The van der Waals surface area contributed by atoms with Crippen molar-refractivity contribution >= 4 is 12.2 Å². The second-order valence-corrected chi connectivity index (χ2v) is 4.12. The number of ether oxygens (including phenoxy) is 1. The summed E-state index contributed by atoms with van der Waals surface area (Å²) in [6.45, 7) is 2.99. The fraction of sp³-hybridized carbons (Fsp3) is 0.333. The summed E-state index contributed by atoms with van der Waals surface area (Å²) < 4.78 is 7.81. The maximum atomic E-state index is 5.21. The molecule has 1 heterocycles. The molecule has 0 aliphatic heterocycles. The van der Waals surface area contributed by atoms with Crippen molar-refractivity contribution < 1.29 is 4.74 Å². The summed E-state index contributed by atoms with van der Waals surface area (Å²) in [5.41, 5.74) is 1.03. The highest BCUT2D eigenvalue weighted by Crippen LogP contribution is 2.20. The zero-order chi connectivity index (χ0) is 12.3. The van der Waals surface area contributed by atoms with Gasteiger partial charge in [0.1, 0.15) is 5.75 Å². The minimum absolute atomic E-state index is 0.665. The molecule has 0 amide bonds. The lowest BCUT2D eigenvalue weighted by atomic mass is 10.2. The Bertz CT molecular complexity index is 542. The van der Waals surface area contributed by atoms with Crippen LogP contribution in [-0.4, -0.2) is 21.9 Å². The highest BCUT2D eigenvalue weighted by molar-refractivity contribution is 7.71. The number of H-pyrrole nitrogens is 1. The maximum Gasteiger partial charge on any atom is 0.195 e. The lowest BCUT2D eigenvalue weighted by Crippen LogP contribution is -1.99. The van der Waals surface area contributed by atoms with Gasteiger partial charge in [0.05, 0.1) is 7.11 Å². The van der Waals surface area contributed by atoms with Gasteiger partial charge in [-0.2, -0.15) is 5.10 Å². The first kappa shape index (κ1) is 11.9. The molecule has 90 valence electrons. The van der Waals surface area contributed by atoms with E-state index in [4.69, 9.17) is 17.0 Å². The summed E-state index contributed by atoms with van der Waals surface area (Å²) in [5, 5.41) is 7.10. The van der Waals surface area contributed by atoms with Crippen molar-refractivity contribution in [2.45, 2.75) is 19.9 Å². The predicted molar refractivity (Wildman–Crippen MR) is 69.7 cm³/mol. The van der Waals surface area contributed by atoms with Crippen LogP contribution >= 0.6 is 12.2 Å². The van der Waals surface area contributed by atoms with E-state index in [1.165, 1.54) is 0 Å². The van der Waals surface area contributed by atoms with Crippen LogP contribution in [0.1, 0.15) is 13.3 Å². The van der Waals surface area contributed by atoms with Gasteiger partial charge in [0, 0.05) is 12.1 Å². The molecular formula is C12H15N3OS. The Balaban J connectivity index is 2.41. The highest BCUT2D eigenvalue weighted by Gasteiger charge is 2.07. The number of rotatable bonds is 4. The van der Waals surface area contributed by atoms with E-state index in [-0.39, 0.29) is 0 Å². The third kappa shape index (κ3) is 2.39. The number of nitrogens with one attached hydrogen (secondary N) is 1. The van der Waals surface area contributed by atoms with E-state index in [0.717, 1.165) is 30.1 Å². The molecule has 2 aromatic rings. The number of hydrogen-bond acceptors (Lipinski definition) is 3. The van der Waals surface area contributed by atoms with Gasteiger partial charge in [-0.3, -0.25) is 5.10 Å². The molecule has 0 saturated heterocycles. The largest absolute Gasteiger partial charge is 0.497 e. The lowest BCUT2D eigenvalue weighted by Gasteiger charge is -2.05. The normalized spacial score (nSPS) is 10.5. The summed E-state index contributed by atoms with van der Waals surface area (Å²) in [4.78, 5) is 0. The molecule has 1 aromatic heterocycles. The highest BCUT2D eigenvalue weighted by atomic mass is 32.1. The molecule has 0 atom stereocenters. The molecule has 0 aliphatic carbocycles. The van der Waals surface area contributed by atoms with E-state index in [9.17, 15) is 0 Å². The first-order valence-electron chi connectivity index (χ1n) is 5.56. The number of nitrogens with zero attached hydrogens (tertiary/aromatic N) is 2. The molecule has 4 nitrogen and oxygen atoms in total. The van der Waals surface area contributed by atoms with E-state index in [1.807, 2.05) is 28.8 Å². The van der Waals surface area contributed by atoms with Crippen LogP contribution < -0.4 is 4.74 Å². The van der Waals surface area contributed by atoms with Crippen LogP contribution in [-0.2, 0) is 6.54 Å². The molecule has 17 heavy (non-hydrogen) atoms. The van der Waals surface area contributed by atoms with E-state index in [1.54, 1.807) is 7.11 Å². The summed E-state index contributed by atoms with van der Waals surface area (Å²) in [5.74, 6) is 1.71. The Kier molecular flexibility index (Phi) is 3.58. The van der Waals surface area contributed by atoms with Crippen molar-refractivity contribution in [2.75, 3.05) is 7.11 Å². The van der Waals surface area contributed by atoms with Crippen molar-refractivity contribution in [2.24, 2.45) is 0 Å². The monoisotopic (exact) mass is 249 g/mol. The van der Waals surface area contributed by atoms with Crippen LogP contribution in [0.2, 0.25) is 0 Å². The molecule has 0 fully saturated rings. The maximum absolute atomic E-state index is 5.21. The second kappa shape index (κ2) is 5.14. The third-order valence-electron chi connectivity index (χ3n) is 2.55. The van der Waals surface area contributed by atoms with Gasteiger partial charge in [-0.05, 0) is 42.9 Å². The van der Waals surface area contributed by atoms with Gasteiger partial charge in [0.2, 0.25) is 0 Å². The zero-order valence-corrected chi connectivity index (χ0v) is 10.8. The molecule has 5 heteroatoms. The summed E-state index contributed by atoms with van der Waals surface area (Å²) in [7, 11) is 1.65. The molecule has 1 N–H and O–H groups in total. The summed E-state index contributed by atoms with van der Waals surface area (Å²) >= 11 is 5.21. The molecule has 0 bridgehead atoms. The number of aromatic amines is 1. The molecule has 1 aromatic carbocycles.